The van der Waals surface area contributed by atoms with Crippen molar-refractivity contribution in [2.45, 2.75) is 53.0 Å². The molecule has 0 unspecified atom stereocenters. The number of hydrogen-bond acceptors (Lipinski definition) is 2. The average Bonchev–Trinajstić information content (AvgIpc) is 2.72. The highest BCUT2D eigenvalue weighted by Gasteiger charge is 2.22. The minimum Gasteiger partial charge on any atom is -0.347 e. The summed E-state index contributed by atoms with van der Waals surface area (Å²) < 4.78 is 2.37. The smallest absolute Gasteiger partial charge is 0.164 e. The SMILES string of the molecule is CCCN(CC)CCn1c(C)cc2c1CCCC2=O. The summed E-state index contributed by atoms with van der Waals surface area (Å²) in [6, 6.07) is 2.09. The summed E-state index contributed by atoms with van der Waals surface area (Å²) in [7, 11) is 0. The number of Topliss-reactive ketones (excluding diaryl/α,β-unsaturated/α-hetero) is 1. The van der Waals surface area contributed by atoms with E-state index in [1.807, 2.05) is 0 Å². The number of ketones is 1. The highest BCUT2D eigenvalue weighted by atomic mass is 16.1. The van der Waals surface area contributed by atoms with Crippen LogP contribution in [0.3, 0.4) is 0 Å². The Labute approximate surface area is 116 Å². The molecule has 0 aliphatic heterocycles. The summed E-state index contributed by atoms with van der Waals surface area (Å²) in [5, 5.41) is 0. The third-order valence-electron chi connectivity index (χ3n) is 4.16. The summed E-state index contributed by atoms with van der Waals surface area (Å²) in [6.45, 7) is 10.9. The molecular weight excluding hydrogens is 236 g/mol. The summed E-state index contributed by atoms with van der Waals surface area (Å²) in [4.78, 5) is 14.4. The highest BCUT2D eigenvalue weighted by molar-refractivity contribution is 5.98. The Kier molecular flexibility index (Phi) is 4.81. The number of aromatic nitrogens is 1. The van der Waals surface area contributed by atoms with Crippen molar-refractivity contribution >= 4 is 5.78 Å². The Balaban J connectivity index is 2.10. The first kappa shape index (κ1) is 14.3. The summed E-state index contributed by atoms with van der Waals surface area (Å²) >= 11 is 0. The Hall–Kier alpha value is -1.09. The Morgan fingerprint density at radius 2 is 2.05 bits per heavy atom. The predicted octanol–water partition coefficient (Wildman–Crippen LogP) is 3.05. The van der Waals surface area contributed by atoms with E-state index in [9.17, 15) is 4.79 Å². The normalized spacial score (nSPS) is 15.1. The molecule has 19 heavy (non-hydrogen) atoms. The van der Waals surface area contributed by atoms with Crippen LogP contribution in [0.2, 0.25) is 0 Å². The van der Waals surface area contributed by atoms with Crippen LogP contribution in [0.15, 0.2) is 6.07 Å². The van der Waals surface area contributed by atoms with Gasteiger partial charge in [0, 0.05) is 36.5 Å². The van der Waals surface area contributed by atoms with Gasteiger partial charge in [0.15, 0.2) is 5.78 Å². The highest BCUT2D eigenvalue weighted by Crippen LogP contribution is 2.24. The molecule has 3 nitrogen and oxygen atoms in total. The molecular formula is C16H26N2O. The van der Waals surface area contributed by atoms with Gasteiger partial charge in [-0.2, -0.15) is 0 Å². The van der Waals surface area contributed by atoms with Crippen molar-refractivity contribution in [3.8, 4) is 0 Å². The van der Waals surface area contributed by atoms with Crippen molar-refractivity contribution < 1.29 is 4.79 Å². The maximum absolute atomic E-state index is 11.9. The fourth-order valence-corrected chi connectivity index (χ4v) is 3.09. The van der Waals surface area contributed by atoms with E-state index in [4.69, 9.17) is 0 Å². The van der Waals surface area contributed by atoms with Crippen molar-refractivity contribution in [1.82, 2.24) is 9.47 Å². The maximum atomic E-state index is 11.9. The molecule has 1 aliphatic carbocycles. The van der Waals surface area contributed by atoms with E-state index in [1.165, 1.54) is 17.8 Å². The summed E-state index contributed by atoms with van der Waals surface area (Å²) in [6.07, 6.45) is 4.01. The van der Waals surface area contributed by atoms with Crippen LogP contribution >= 0.6 is 0 Å². The molecule has 2 rings (SSSR count). The zero-order valence-electron chi connectivity index (χ0n) is 12.5. The maximum Gasteiger partial charge on any atom is 0.164 e. The van der Waals surface area contributed by atoms with Crippen LogP contribution in [0.25, 0.3) is 0 Å². The fourth-order valence-electron chi connectivity index (χ4n) is 3.09. The lowest BCUT2D eigenvalue weighted by atomic mass is 9.97. The lowest BCUT2D eigenvalue weighted by Gasteiger charge is -2.22. The van der Waals surface area contributed by atoms with Gasteiger partial charge in [-0.05, 0) is 45.3 Å². The first-order valence-corrected chi connectivity index (χ1v) is 7.61. The van der Waals surface area contributed by atoms with Gasteiger partial charge in [-0.15, -0.1) is 0 Å². The zero-order valence-corrected chi connectivity index (χ0v) is 12.5. The molecule has 1 aliphatic rings. The molecule has 3 heteroatoms. The Bertz CT molecular complexity index is 448. The van der Waals surface area contributed by atoms with Crippen LogP contribution in [0.5, 0.6) is 0 Å². The number of nitrogens with zero attached hydrogens (tertiary/aromatic N) is 2. The van der Waals surface area contributed by atoms with Gasteiger partial charge in [0.2, 0.25) is 0 Å². The quantitative estimate of drug-likeness (QED) is 0.787. The molecule has 0 fully saturated rings. The molecule has 0 bridgehead atoms. The second-order valence-corrected chi connectivity index (χ2v) is 5.51. The number of likely N-dealkylation sites (N-methyl/N-ethyl adjacent to an activating group) is 1. The van der Waals surface area contributed by atoms with Crippen molar-refractivity contribution in [2.75, 3.05) is 19.6 Å². The molecule has 1 heterocycles. The topological polar surface area (TPSA) is 25.2 Å². The van der Waals surface area contributed by atoms with Gasteiger partial charge in [0.1, 0.15) is 0 Å². The molecule has 0 atom stereocenters. The monoisotopic (exact) mass is 262 g/mol. The number of fused-ring (bicyclic) bond motifs is 1. The summed E-state index contributed by atoms with van der Waals surface area (Å²) in [5.41, 5.74) is 3.51. The fraction of sp³-hybridized carbons (Fsp3) is 0.688. The van der Waals surface area contributed by atoms with Crippen molar-refractivity contribution in [2.24, 2.45) is 0 Å². The number of carbonyl (C=O) groups excluding carboxylic acids is 1. The molecule has 0 spiro atoms. The molecule has 0 radical (unpaired) electrons. The Morgan fingerprint density at radius 3 is 2.74 bits per heavy atom. The van der Waals surface area contributed by atoms with E-state index in [0.717, 1.165) is 51.0 Å². The van der Waals surface area contributed by atoms with E-state index in [2.05, 4.69) is 36.3 Å². The molecule has 0 amide bonds. The van der Waals surface area contributed by atoms with E-state index in [1.54, 1.807) is 0 Å². The van der Waals surface area contributed by atoms with Crippen LogP contribution in [0.4, 0.5) is 0 Å². The van der Waals surface area contributed by atoms with Gasteiger partial charge in [-0.3, -0.25) is 4.79 Å². The number of carbonyl (C=O) groups is 1. The molecule has 1 aromatic heterocycles. The minimum atomic E-state index is 0.337. The third kappa shape index (κ3) is 3.08. The van der Waals surface area contributed by atoms with Gasteiger partial charge in [0.05, 0.1) is 0 Å². The number of hydrogen-bond donors (Lipinski definition) is 0. The minimum absolute atomic E-state index is 0.337. The van der Waals surface area contributed by atoms with Crippen LogP contribution in [-0.4, -0.2) is 34.9 Å². The predicted molar refractivity (Wildman–Crippen MR) is 78.8 cm³/mol. The lowest BCUT2D eigenvalue weighted by Crippen LogP contribution is -2.29. The molecule has 0 saturated heterocycles. The van der Waals surface area contributed by atoms with E-state index >= 15 is 0 Å². The molecule has 0 aromatic carbocycles. The zero-order chi connectivity index (χ0) is 13.8. The van der Waals surface area contributed by atoms with Gasteiger partial charge < -0.3 is 9.47 Å². The average molecular weight is 262 g/mol. The van der Waals surface area contributed by atoms with E-state index < -0.39 is 0 Å². The Morgan fingerprint density at radius 1 is 1.26 bits per heavy atom. The van der Waals surface area contributed by atoms with Gasteiger partial charge >= 0.3 is 0 Å². The van der Waals surface area contributed by atoms with Gasteiger partial charge in [-0.25, -0.2) is 0 Å². The number of rotatable bonds is 6. The van der Waals surface area contributed by atoms with Crippen molar-refractivity contribution in [3.63, 3.8) is 0 Å². The first-order valence-electron chi connectivity index (χ1n) is 7.61. The van der Waals surface area contributed by atoms with Gasteiger partial charge in [-0.1, -0.05) is 13.8 Å². The molecule has 1 aromatic rings. The lowest BCUT2D eigenvalue weighted by molar-refractivity contribution is 0.0971. The molecule has 0 saturated carbocycles. The van der Waals surface area contributed by atoms with E-state index in [0.29, 0.717) is 5.78 Å². The van der Waals surface area contributed by atoms with Crippen LogP contribution < -0.4 is 0 Å². The van der Waals surface area contributed by atoms with Gasteiger partial charge in [0.25, 0.3) is 0 Å². The first-order chi connectivity index (χ1) is 9.17. The third-order valence-corrected chi connectivity index (χ3v) is 4.16. The molecule has 106 valence electrons. The second-order valence-electron chi connectivity index (χ2n) is 5.51. The largest absolute Gasteiger partial charge is 0.347 e. The molecule has 0 N–H and O–H groups in total. The van der Waals surface area contributed by atoms with Crippen molar-refractivity contribution in [1.29, 1.82) is 0 Å². The second kappa shape index (κ2) is 6.38. The standard InChI is InChI=1S/C16H26N2O/c1-4-9-17(5-2)10-11-18-13(3)12-14-15(18)7-6-8-16(14)19/h12H,4-11H2,1-3H3. The number of aryl methyl sites for hydroxylation is 1. The van der Waals surface area contributed by atoms with Crippen LogP contribution in [0, 0.1) is 6.92 Å². The van der Waals surface area contributed by atoms with E-state index in [-0.39, 0.29) is 0 Å². The van der Waals surface area contributed by atoms with Crippen LogP contribution in [-0.2, 0) is 13.0 Å². The van der Waals surface area contributed by atoms with Crippen molar-refractivity contribution in [3.05, 3.63) is 23.0 Å². The van der Waals surface area contributed by atoms with Crippen LogP contribution in [0.1, 0.15) is 54.9 Å². The summed E-state index contributed by atoms with van der Waals surface area (Å²) in [5.74, 6) is 0.337.